The molecule has 2 nitrogen and oxygen atoms in total. The van der Waals surface area contributed by atoms with Gasteiger partial charge in [0.1, 0.15) is 0 Å². The minimum atomic E-state index is -2.65. The van der Waals surface area contributed by atoms with Gasteiger partial charge in [-0.2, -0.15) is 0 Å². The summed E-state index contributed by atoms with van der Waals surface area (Å²) in [6.45, 7) is 4.27. The van der Waals surface area contributed by atoms with E-state index in [0.29, 0.717) is 11.7 Å². The molecule has 0 atom stereocenters. The molecule has 2 aliphatic heterocycles. The normalized spacial score (nSPS) is 45.9. The third kappa shape index (κ3) is 0.805. The van der Waals surface area contributed by atoms with Gasteiger partial charge in [-0.3, -0.25) is 0 Å². The molecule has 3 aliphatic rings. The Morgan fingerprint density at radius 1 is 1.36 bits per heavy atom. The smallest absolute Gasteiger partial charge is 0.153 e. The third-order valence-electron chi connectivity index (χ3n) is 3.49. The van der Waals surface area contributed by atoms with Gasteiger partial charge in [-0.1, -0.05) is 13.8 Å². The summed E-state index contributed by atoms with van der Waals surface area (Å²) in [7, 11) is -2.65. The lowest BCUT2D eigenvalue weighted by Crippen LogP contribution is -2.37. The molecule has 2 bridgehead atoms. The number of hydrogen-bond acceptors (Lipinski definition) is 2. The highest BCUT2D eigenvalue weighted by Gasteiger charge is 2.60. The topological polar surface area (TPSA) is 34.1 Å². The first-order valence-corrected chi connectivity index (χ1v) is 5.89. The number of hydrogen-bond donors (Lipinski definition) is 0. The molecular formula is C8H14O2S. The van der Waals surface area contributed by atoms with Crippen LogP contribution in [-0.4, -0.2) is 19.4 Å². The fourth-order valence-corrected chi connectivity index (χ4v) is 5.15. The van der Waals surface area contributed by atoms with Gasteiger partial charge < -0.3 is 0 Å². The van der Waals surface area contributed by atoms with Gasteiger partial charge in [0.15, 0.2) is 9.84 Å². The van der Waals surface area contributed by atoms with Crippen LogP contribution in [0.15, 0.2) is 0 Å². The average Bonchev–Trinajstić information content (AvgIpc) is 2.11. The molecule has 1 aliphatic carbocycles. The lowest BCUT2D eigenvalue weighted by atomic mass is 9.64. The molecule has 0 radical (unpaired) electrons. The maximum absolute atomic E-state index is 11.3. The molecule has 0 aromatic heterocycles. The predicted molar refractivity (Wildman–Crippen MR) is 44.1 cm³/mol. The third-order valence-corrected chi connectivity index (χ3v) is 5.82. The van der Waals surface area contributed by atoms with E-state index in [1.165, 1.54) is 0 Å². The average molecular weight is 174 g/mol. The monoisotopic (exact) mass is 174 g/mol. The van der Waals surface area contributed by atoms with E-state index >= 15 is 0 Å². The maximum atomic E-state index is 11.3. The highest BCUT2D eigenvalue weighted by molar-refractivity contribution is 7.92. The summed E-state index contributed by atoms with van der Waals surface area (Å²) in [5.41, 5.74) is 0.184. The van der Waals surface area contributed by atoms with E-state index < -0.39 is 9.84 Å². The molecule has 0 aromatic carbocycles. The lowest BCUT2D eigenvalue weighted by molar-refractivity contribution is 0.127. The molecule has 1 saturated carbocycles. The molecule has 3 fully saturated rings. The molecule has 0 N–H and O–H groups in total. The minimum Gasteiger partial charge on any atom is -0.229 e. The fraction of sp³-hybridized carbons (Fsp3) is 1.00. The Bertz CT molecular complexity index is 270. The molecule has 0 spiro atoms. The predicted octanol–water partition coefficient (Wildman–Crippen LogP) is 1.22. The van der Waals surface area contributed by atoms with Crippen molar-refractivity contribution >= 4 is 9.84 Å². The first kappa shape index (κ1) is 7.59. The van der Waals surface area contributed by atoms with E-state index in [2.05, 4.69) is 13.8 Å². The number of fused-ring (bicyclic) bond motifs is 1. The van der Waals surface area contributed by atoms with Crippen molar-refractivity contribution in [1.29, 1.82) is 0 Å². The van der Waals surface area contributed by atoms with E-state index in [9.17, 15) is 8.42 Å². The van der Waals surface area contributed by atoms with Crippen LogP contribution in [0.4, 0.5) is 0 Å². The summed E-state index contributed by atoms with van der Waals surface area (Å²) >= 11 is 0. The van der Waals surface area contributed by atoms with Gasteiger partial charge in [0, 0.05) is 0 Å². The standard InChI is InChI=1S/C8H14O2S/c1-6(2)8-3-7(4-8)11(9,10)5-8/h6-7H,3-5H2,1-2H3. The maximum Gasteiger partial charge on any atom is 0.153 e. The van der Waals surface area contributed by atoms with Crippen LogP contribution in [0.25, 0.3) is 0 Å². The van der Waals surface area contributed by atoms with Gasteiger partial charge in [-0.05, 0) is 24.2 Å². The van der Waals surface area contributed by atoms with Crippen LogP contribution in [-0.2, 0) is 9.84 Å². The Kier molecular flexibility index (Phi) is 1.25. The molecule has 0 aromatic rings. The van der Waals surface area contributed by atoms with Crippen LogP contribution >= 0.6 is 0 Å². The number of rotatable bonds is 1. The van der Waals surface area contributed by atoms with Crippen LogP contribution in [0.3, 0.4) is 0 Å². The van der Waals surface area contributed by atoms with E-state index in [1.807, 2.05) is 0 Å². The minimum absolute atomic E-state index is 0.0323. The molecular weight excluding hydrogens is 160 g/mol. The zero-order valence-electron chi connectivity index (χ0n) is 7.00. The molecule has 0 amide bonds. The molecule has 2 heterocycles. The molecule has 3 rings (SSSR count). The summed E-state index contributed by atoms with van der Waals surface area (Å²) in [6, 6.07) is 0. The second-order valence-electron chi connectivity index (χ2n) is 4.35. The van der Waals surface area contributed by atoms with E-state index in [-0.39, 0.29) is 10.7 Å². The lowest BCUT2D eigenvalue weighted by Gasteiger charge is -2.39. The van der Waals surface area contributed by atoms with Gasteiger partial charge in [-0.25, -0.2) is 8.42 Å². The summed E-state index contributed by atoms with van der Waals surface area (Å²) in [5.74, 6) is 0.999. The zero-order valence-corrected chi connectivity index (χ0v) is 7.82. The van der Waals surface area contributed by atoms with Crippen molar-refractivity contribution in [2.24, 2.45) is 11.3 Å². The van der Waals surface area contributed by atoms with Crippen molar-refractivity contribution in [3.05, 3.63) is 0 Å². The van der Waals surface area contributed by atoms with Gasteiger partial charge >= 0.3 is 0 Å². The van der Waals surface area contributed by atoms with Crippen LogP contribution in [0, 0.1) is 11.3 Å². The second-order valence-corrected chi connectivity index (χ2v) is 6.64. The molecule has 3 heteroatoms. The Balaban J connectivity index is 2.30. The summed E-state index contributed by atoms with van der Waals surface area (Å²) in [5, 5.41) is 0.0323. The van der Waals surface area contributed by atoms with Crippen molar-refractivity contribution in [3.63, 3.8) is 0 Å². The van der Waals surface area contributed by atoms with Crippen LogP contribution in [0.5, 0.6) is 0 Å². The SMILES string of the molecule is CC(C)C12CC(C1)S(=O)(=O)C2. The highest BCUT2D eigenvalue weighted by atomic mass is 32.2. The van der Waals surface area contributed by atoms with Crippen LogP contribution < -0.4 is 0 Å². The zero-order chi connectivity index (χ0) is 8.28. The number of sulfone groups is 1. The summed E-state index contributed by atoms with van der Waals surface area (Å²) < 4.78 is 22.6. The largest absolute Gasteiger partial charge is 0.229 e. The summed E-state index contributed by atoms with van der Waals surface area (Å²) in [4.78, 5) is 0. The second kappa shape index (κ2) is 1.82. The van der Waals surface area contributed by atoms with Crippen molar-refractivity contribution in [2.75, 3.05) is 5.75 Å². The van der Waals surface area contributed by atoms with E-state index in [1.54, 1.807) is 0 Å². The van der Waals surface area contributed by atoms with Gasteiger partial charge in [0.05, 0.1) is 11.0 Å². The Morgan fingerprint density at radius 2 is 1.91 bits per heavy atom. The molecule has 11 heavy (non-hydrogen) atoms. The summed E-state index contributed by atoms with van der Waals surface area (Å²) in [6.07, 6.45) is 1.88. The molecule has 0 unspecified atom stereocenters. The van der Waals surface area contributed by atoms with E-state index in [4.69, 9.17) is 0 Å². The first-order valence-electron chi connectivity index (χ1n) is 4.18. The van der Waals surface area contributed by atoms with Crippen LogP contribution in [0.2, 0.25) is 0 Å². The Morgan fingerprint density at radius 3 is 2.09 bits per heavy atom. The Hall–Kier alpha value is -0.0500. The van der Waals surface area contributed by atoms with Gasteiger partial charge in [-0.15, -0.1) is 0 Å². The van der Waals surface area contributed by atoms with Crippen LogP contribution in [0.1, 0.15) is 26.7 Å². The van der Waals surface area contributed by atoms with Crippen molar-refractivity contribution in [3.8, 4) is 0 Å². The van der Waals surface area contributed by atoms with Gasteiger partial charge in [0.2, 0.25) is 0 Å². The van der Waals surface area contributed by atoms with Crippen molar-refractivity contribution in [2.45, 2.75) is 31.9 Å². The first-order chi connectivity index (χ1) is 4.96. The van der Waals surface area contributed by atoms with E-state index in [0.717, 1.165) is 12.8 Å². The quantitative estimate of drug-likeness (QED) is 0.599. The molecule has 64 valence electrons. The van der Waals surface area contributed by atoms with Crippen molar-refractivity contribution in [1.82, 2.24) is 0 Å². The van der Waals surface area contributed by atoms with Crippen molar-refractivity contribution < 1.29 is 8.42 Å². The highest BCUT2D eigenvalue weighted by Crippen LogP contribution is 2.57. The Labute approximate surface area is 67.9 Å². The molecule has 2 saturated heterocycles. The van der Waals surface area contributed by atoms with Gasteiger partial charge in [0.25, 0.3) is 0 Å². The fourth-order valence-electron chi connectivity index (χ4n) is 2.38.